The number of aliphatic hydroxyl groups excluding tert-OH is 2. The summed E-state index contributed by atoms with van der Waals surface area (Å²) in [5.74, 6) is -0.484. The van der Waals surface area contributed by atoms with Crippen LogP contribution < -0.4 is 4.72 Å². The van der Waals surface area contributed by atoms with E-state index in [-0.39, 0.29) is 11.5 Å². The van der Waals surface area contributed by atoms with Gasteiger partial charge in [0.05, 0.1) is 10.3 Å². The molecular weight excluding hydrogens is 522 g/mol. The van der Waals surface area contributed by atoms with E-state index in [1.165, 1.54) is 50.7 Å². The van der Waals surface area contributed by atoms with E-state index in [9.17, 15) is 23.4 Å². The SMILES string of the molecule is CCCCCCCCCCCCO[C@@H]1O[C@H](COC(=O)C(C)(C)C)[C@H](O)[C@H](O)[C@H]1NS(=O)(=O)c1ccccc1. The van der Waals surface area contributed by atoms with E-state index in [4.69, 9.17) is 14.2 Å². The van der Waals surface area contributed by atoms with Gasteiger partial charge >= 0.3 is 5.97 Å². The molecular formula is C29H49NO8S. The van der Waals surface area contributed by atoms with Crippen LogP contribution in [-0.2, 0) is 29.0 Å². The number of carbonyl (C=O) groups excluding carboxylic acids is 1. The van der Waals surface area contributed by atoms with E-state index in [1.54, 1.807) is 39.0 Å². The van der Waals surface area contributed by atoms with Crippen molar-refractivity contribution >= 4 is 16.0 Å². The van der Waals surface area contributed by atoms with Crippen molar-refractivity contribution in [2.45, 2.75) is 127 Å². The van der Waals surface area contributed by atoms with Crippen LogP contribution in [0.25, 0.3) is 0 Å². The topological polar surface area (TPSA) is 131 Å². The minimum absolute atomic E-state index is 0.0152. The molecule has 0 spiro atoms. The summed E-state index contributed by atoms with van der Waals surface area (Å²) in [6, 6.07) is 6.49. The summed E-state index contributed by atoms with van der Waals surface area (Å²) < 4.78 is 45.5. The first-order chi connectivity index (χ1) is 18.5. The number of esters is 1. The van der Waals surface area contributed by atoms with Crippen molar-refractivity contribution in [3.8, 4) is 0 Å². The highest BCUT2D eigenvalue weighted by molar-refractivity contribution is 7.89. The quantitative estimate of drug-likeness (QED) is 0.186. The second kappa shape index (κ2) is 16.6. The summed E-state index contributed by atoms with van der Waals surface area (Å²) >= 11 is 0. The Hall–Kier alpha value is -1.56. The number of hydrogen-bond donors (Lipinski definition) is 3. The van der Waals surface area contributed by atoms with Crippen LogP contribution in [0.15, 0.2) is 35.2 Å². The highest BCUT2D eigenvalue weighted by atomic mass is 32.2. The lowest BCUT2D eigenvalue weighted by Gasteiger charge is -2.42. The van der Waals surface area contributed by atoms with E-state index >= 15 is 0 Å². The molecule has 0 aliphatic carbocycles. The number of aliphatic hydroxyl groups is 2. The second-order valence-electron chi connectivity index (χ2n) is 11.4. The zero-order valence-corrected chi connectivity index (χ0v) is 24.8. The van der Waals surface area contributed by atoms with Gasteiger partial charge in [0.25, 0.3) is 0 Å². The maximum Gasteiger partial charge on any atom is 0.311 e. The third-order valence-corrected chi connectivity index (χ3v) is 8.29. The minimum Gasteiger partial charge on any atom is -0.462 e. The van der Waals surface area contributed by atoms with Crippen molar-refractivity contribution in [2.24, 2.45) is 5.41 Å². The van der Waals surface area contributed by atoms with Crippen LogP contribution >= 0.6 is 0 Å². The summed E-state index contributed by atoms with van der Waals surface area (Å²) in [6.07, 6.45) is 6.26. The molecule has 224 valence electrons. The van der Waals surface area contributed by atoms with Crippen LogP contribution in [0, 0.1) is 5.41 Å². The van der Waals surface area contributed by atoms with Gasteiger partial charge in [-0.05, 0) is 39.3 Å². The fourth-order valence-corrected chi connectivity index (χ4v) is 5.61. The van der Waals surface area contributed by atoms with Gasteiger partial charge in [-0.25, -0.2) is 13.1 Å². The summed E-state index contributed by atoms with van der Waals surface area (Å²) in [7, 11) is -4.03. The molecule has 1 aromatic carbocycles. The molecule has 10 heteroatoms. The van der Waals surface area contributed by atoms with Crippen molar-refractivity contribution in [3.05, 3.63) is 30.3 Å². The van der Waals surface area contributed by atoms with Crippen LogP contribution in [0.2, 0.25) is 0 Å². The molecule has 0 amide bonds. The number of nitrogens with one attached hydrogen (secondary N) is 1. The Labute approximate surface area is 234 Å². The predicted octanol–water partition coefficient (Wildman–Crippen LogP) is 4.31. The van der Waals surface area contributed by atoms with Gasteiger partial charge in [0.15, 0.2) is 6.29 Å². The van der Waals surface area contributed by atoms with E-state index in [2.05, 4.69) is 11.6 Å². The van der Waals surface area contributed by atoms with Crippen molar-refractivity contribution in [1.29, 1.82) is 0 Å². The maximum atomic E-state index is 13.0. The molecule has 1 aliphatic heterocycles. The van der Waals surface area contributed by atoms with E-state index in [0.717, 1.165) is 25.7 Å². The molecule has 0 aromatic heterocycles. The lowest BCUT2D eigenvalue weighted by molar-refractivity contribution is -0.270. The zero-order chi connectivity index (χ0) is 28.9. The Bertz CT molecular complexity index is 934. The standard InChI is InChI=1S/C29H49NO8S/c1-5-6-7-8-9-10-11-12-13-17-20-36-27-24(30-39(34,35)22-18-15-14-16-19-22)26(32)25(31)23(38-27)21-37-28(33)29(2,3)4/h14-16,18-19,23-27,30-32H,5-13,17,20-21H2,1-4H3/t23-,24-,25+,26-,27-/m1/s1. The normalized spacial score (nSPS) is 24.0. The number of unbranched alkanes of at least 4 members (excludes halogenated alkanes) is 9. The highest BCUT2D eigenvalue weighted by Gasteiger charge is 2.47. The molecule has 9 nitrogen and oxygen atoms in total. The molecule has 1 saturated heterocycles. The number of hydrogen-bond acceptors (Lipinski definition) is 8. The number of sulfonamides is 1. The molecule has 5 atom stereocenters. The van der Waals surface area contributed by atoms with Gasteiger partial charge in [-0.3, -0.25) is 4.79 Å². The molecule has 2 rings (SSSR count). The highest BCUT2D eigenvalue weighted by Crippen LogP contribution is 2.26. The molecule has 1 fully saturated rings. The van der Waals surface area contributed by atoms with Gasteiger partial charge in [-0.1, -0.05) is 82.9 Å². The lowest BCUT2D eigenvalue weighted by atomic mass is 9.96. The fourth-order valence-electron chi connectivity index (χ4n) is 4.35. The summed E-state index contributed by atoms with van der Waals surface area (Å²) in [5, 5.41) is 21.6. The van der Waals surface area contributed by atoms with E-state index in [1.807, 2.05) is 0 Å². The third-order valence-electron chi connectivity index (χ3n) is 6.82. The van der Waals surface area contributed by atoms with Gasteiger partial charge in [-0.2, -0.15) is 0 Å². The number of benzene rings is 1. The van der Waals surface area contributed by atoms with Crippen molar-refractivity contribution in [1.82, 2.24) is 4.72 Å². The first-order valence-electron chi connectivity index (χ1n) is 14.3. The molecule has 1 aliphatic rings. The molecule has 0 radical (unpaired) electrons. The van der Waals surface area contributed by atoms with Crippen molar-refractivity contribution < 1.29 is 37.6 Å². The molecule has 3 N–H and O–H groups in total. The van der Waals surface area contributed by atoms with Crippen LogP contribution in [0.5, 0.6) is 0 Å². The van der Waals surface area contributed by atoms with Crippen LogP contribution in [0.3, 0.4) is 0 Å². The van der Waals surface area contributed by atoms with Gasteiger partial charge < -0.3 is 24.4 Å². The fraction of sp³-hybridized carbons (Fsp3) is 0.759. The van der Waals surface area contributed by atoms with Crippen LogP contribution in [-0.4, -0.2) is 68.5 Å². The molecule has 1 heterocycles. The van der Waals surface area contributed by atoms with Gasteiger partial charge in [0.2, 0.25) is 10.0 Å². The Morgan fingerprint density at radius 2 is 1.49 bits per heavy atom. The predicted molar refractivity (Wildman–Crippen MR) is 149 cm³/mol. The number of rotatable bonds is 17. The maximum absolute atomic E-state index is 13.0. The zero-order valence-electron chi connectivity index (χ0n) is 24.0. The Balaban J connectivity index is 1.97. The number of ether oxygens (including phenoxy) is 3. The molecule has 0 saturated carbocycles. The average molecular weight is 572 g/mol. The Morgan fingerprint density at radius 3 is 2.05 bits per heavy atom. The van der Waals surface area contributed by atoms with E-state index in [0.29, 0.717) is 6.61 Å². The largest absolute Gasteiger partial charge is 0.462 e. The summed E-state index contributed by atoms with van der Waals surface area (Å²) in [6.45, 7) is 7.32. The molecule has 0 unspecified atom stereocenters. The first kappa shape index (κ1) is 33.6. The number of carbonyl (C=O) groups is 1. The van der Waals surface area contributed by atoms with Crippen molar-refractivity contribution in [3.63, 3.8) is 0 Å². The molecule has 1 aromatic rings. The monoisotopic (exact) mass is 571 g/mol. The third kappa shape index (κ3) is 11.4. The van der Waals surface area contributed by atoms with Crippen LogP contribution in [0.1, 0.15) is 91.9 Å². The summed E-state index contributed by atoms with van der Waals surface area (Å²) in [5.41, 5.74) is -0.752. The molecule has 0 bridgehead atoms. The lowest BCUT2D eigenvalue weighted by Crippen LogP contribution is -2.64. The Morgan fingerprint density at radius 1 is 0.923 bits per heavy atom. The summed E-state index contributed by atoms with van der Waals surface area (Å²) in [4.78, 5) is 12.2. The minimum atomic E-state index is -4.03. The average Bonchev–Trinajstić information content (AvgIpc) is 2.90. The second-order valence-corrected chi connectivity index (χ2v) is 13.1. The van der Waals surface area contributed by atoms with Crippen LogP contribution in [0.4, 0.5) is 0 Å². The van der Waals surface area contributed by atoms with Gasteiger partial charge in [0.1, 0.15) is 31.0 Å². The molecule has 39 heavy (non-hydrogen) atoms. The Kier molecular flexibility index (Phi) is 14.4. The van der Waals surface area contributed by atoms with Gasteiger partial charge in [0, 0.05) is 6.61 Å². The first-order valence-corrected chi connectivity index (χ1v) is 15.8. The van der Waals surface area contributed by atoms with E-state index < -0.39 is 52.1 Å². The smallest absolute Gasteiger partial charge is 0.311 e. The van der Waals surface area contributed by atoms with Crippen molar-refractivity contribution in [2.75, 3.05) is 13.2 Å². The van der Waals surface area contributed by atoms with Gasteiger partial charge in [-0.15, -0.1) is 0 Å².